The van der Waals surface area contributed by atoms with Crippen LogP contribution in [0.15, 0.2) is 36.9 Å². The van der Waals surface area contributed by atoms with Crippen LogP contribution in [0.5, 0.6) is 0 Å². The molecule has 1 unspecified atom stereocenters. The summed E-state index contributed by atoms with van der Waals surface area (Å²) in [5.41, 5.74) is -0.322. The minimum atomic E-state index is -0.605. The molecule has 21 heavy (non-hydrogen) atoms. The molecule has 0 saturated carbocycles. The molecular weight excluding hydrogens is 296 g/mol. The third-order valence-corrected chi connectivity index (χ3v) is 3.06. The lowest BCUT2D eigenvalue weighted by molar-refractivity contribution is -0.385. The van der Waals surface area contributed by atoms with Crippen molar-refractivity contribution in [1.82, 2.24) is 14.9 Å². The summed E-state index contributed by atoms with van der Waals surface area (Å²) in [4.78, 5) is 26.4. The van der Waals surface area contributed by atoms with Gasteiger partial charge in [-0.1, -0.05) is 11.6 Å². The second-order valence-electron chi connectivity index (χ2n) is 4.55. The number of benzene rings is 1. The largest absolute Gasteiger partial charge is 0.348 e. The van der Waals surface area contributed by atoms with E-state index in [1.54, 1.807) is 30.2 Å². The summed E-state index contributed by atoms with van der Waals surface area (Å²) in [6, 6.07) is 3.67. The Labute approximate surface area is 125 Å². The van der Waals surface area contributed by atoms with E-state index in [-0.39, 0.29) is 22.3 Å². The molecule has 1 aromatic heterocycles. The molecule has 0 fully saturated rings. The summed E-state index contributed by atoms with van der Waals surface area (Å²) in [5.74, 6) is -0.531. The van der Waals surface area contributed by atoms with Gasteiger partial charge in [0.2, 0.25) is 0 Å². The van der Waals surface area contributed by atoms with Crippen LogP contribution in [-0.2, 0) is 6.54 Å². The first kappa shape index (κ1) is 15.0. The van der Waals surface area contributed by atoms with Crippen LogP contribution in [0.1, 0.15) is 17.3 Å². The van der Waals surface area contributed by atoms with Crippen molar-refractivity contribution in [1.29, 1.82) is 0 Å². The summed E-state index contributed by atoms with van der Waals surface area (Å²) >= 11 is 5.80. The molecule has 0 bridgehead atoms. The van der Waals surface area contributed by atoms with Gasteiger partial charge in [0.15, 0.2) is 0 Å². The highest BCUT2D eigenvalue weighted by molar-refractivity contribution is 6.31. The van der Waals surface area contributed by atoms with Crippen molar-refractivity contribution < 1.29 is 9.72 Å². The van der Waals surface area contributed by atoms with Gasteiger partial charge in [-0.15, -0.1) is 0 Å². The highest BCUT2D eigenvalue weighted by Gasteiger charge is 2.21. The van der Waals surface area contributed by atoms with Gasteiger partial charge in [-0.3, -0.25) is 14.9 Å². The number of amides is 1. The number of nitro benzene ring substituents is 1. The van der Waals surface area contributed by atoms with Gasteiger partial charge in [0.25, 0.3) is 11.6 Å². The van der Waals surface area contributed by atoms with E-state index < -0.39 is 10.8 Å². The molecule has 1 N–H and O–H groups in total. The van der Waals surface area contributed by atoms with Gasteiger partial charge >= 0.3 is 0 Å². The Balaban J connectivity index is 2.12. The van der Waals surface area contributed by atoms with Crippen LogP contribution < -0.4 is 5.32 Å². The molecule has 2 aromatic rings. The van der Waals surface area contributed by atoms with Crippen molar-refractivity contribution in [2.24, 2.45) is 0 Å². The fourth-order valence-electron chi connectivity index (χ4n) is 1.91. The lowest BCUT2D eigenvalue weighted by Crippen LogP contribution is -2.35. The number of rotatable bonds is 5. The Hall–Kier alpha value is -2.41. The van der Waals surface area contributed by atoms with Crippen LogP contribution in [0, 0.1) is 10.1 Å². The molecule has 1 heterocycles. The molecule has 8 heteroatoms. The summed E-state index contributed by atoms with van der Waals surface area (Å²) < 4.78 is 1.80. The molecule has 0 aliphatic rings. The van der Waals surface area contributed by atoms with E-state index in [1.807, 2.05) is 0 Å². The van der Waals surface area contributed by atoms with E-state index in [2.05, 4.69) is 10.3 Å². The zero-order chi connectivity index (χ0) is 15.4. The fraction of sp³-hybridized carbons (Fsp3) is 0.231. The highest BCUT2D eigenvalue weighted by atomic mass is 35.5. The third-order valence-electron chi connectivity index (χ3n) is 2.82. The lowest BCUT2D eigenvalue weighted by atomic mass is 10.1. The number of aromatic nitrogens is 2. The number of nitro groups is 1. The monoisotopic (exact) mass is 308 g/mol. The Morgan fingerprint density at radius 3 is 2.95 bits per heavy atom. The lowest BCUT2D eigenvalue weighted by Gasteiger charge is -2.14. The minimum Gasteiger partial charge on any atom is -0.348 e. The number of nitrogens with one attached hydrogen (secondary N) is 1. The SMILES string of the molecule is CC(Cn1ccnc1)NC(=O)c1cc(Cl)ccc1[N+](=O)[O-]. The Morgan fingerprint density at radius 1 is 1.57 bits per heavy atom. The standard InChI is InChI=1S/C13H13ClN4O3/c1-9(7-17-5-4-15-8-17)16-13(19)11-6-10(14)2-3-12(11)18(20)21/h2-6,8-9H,7H2,1H3,(H,16,19). The van der Waals surface area contributed by atoms with Gasteiger partial charge in [0.1, 0.15) is 5.56 Å². The minimum absolute atomic E-state index is 0.0509. The van der Waals surface area contributed by atoms with Crippen molar-refractivity contribution in [3.63, 3.8) is 0 Å². The fourth-order valence-corrected chi connectivity index (χ4v) is 2.08. The van der Waals surface area contributed by atoms with E-state index >= 15 is 0 Å². The first-order valence-corrected chi connectivity index (χ1v) is 6.55. The van der Waals surface area contributed by atoms with Crippen molar-refractivity contribution in [2.75, 3.05) is 0 Å². The number of halogens is 1. The average molecular weight is 309 g/mol. The topological polar surface area (TPSA) is 90.1 Å². The van der Waals surface area contributed by atoms with Crippen molar-refractivity contribution in [3.05, 3.63) is 57.6 Å². The molecule has 0 saturated heterocycles. The summed E-state index contributed by atoms with van der Waals surface area (Å²) in [6.07, 6.45) is 5.03. The predicted octanol–water partition coefficient (Wildman–Crippen LogP) is 2.26. The molecule has 1 aromatic carbocycles. The van der Waals surface area contributed by atoms with Crippen molar-refractivity contribution in [3.8, 4) is 0 Å². The van der Waals surface area contributed by atoms with E-state index in [4.69, 9.17) is 11.6 Å². The van der Waals surface area contributed by atoms with Crippen LogP contribution >= 0.6 is 11.6 Å². The zero-order valence-electron chi connectivity index (χ0n) is 11.2. The first-order valence-electron chi connectivity index (χ1n) is 6.18. The van der Waals surface area contributed by atoms with Crippen LogP contribution in [0.3, 0.4) is 0 Å². The molecule has 1 amide bonds. The number of carbonyl (C=O) groups is 1. The van der Waals surface area contributed by atoms with Gasteiger partial charge in [0.05, 0.1) is 11.3 Å². The molecule has 0 spiro atoms. The molecule has 1 atom stereocenters. The Morgan fingerprint density at radius 2 is 2.33 bits per heavy atom. The quantitative estimate of drug-likeness (QED) is 0.677. The van der Waals surface area contributed by atoms with Crippen LogP contribution in [-0.4, -0.2) is 26.4 Å². The van der Waals surface area contributed by atoms with Gasteiger partial charge < -0.3 is 9.88 Å². The Kier molecular flexibility index (Phi) is 4.54. The van der Waals surface area contributed by atoms with Gasteiger partial charge in [-0.2, -0.15) is 0 Å². The first-order chi connectivity index (χ1) is 9.97. The summed E-state index contributed by atoms with van der Waals surface area (Å²) in [5, 5.41) is 13.9. The molecule has 110 valence electrons. The number of imidazole rings is 1. The third kappa shape index (κ3) is 3.79. The van der Waals surface area contributed by atoms with Crippen LogP contribution in [0.4, 0.5) is 5.69 Å². The molecule has 2 rings (SSSR count). The molecule has 7 nitrogen and oxygen atoms in total. The maximum absolute atomic E-state index is 12.2. The molecular formula is C13H13ClN4O3. The summed E-state index contributed by atoms with van der Waals surface area (Å²) in [6.45, 7) is 2.31. The van der Waals surface area contributed by atoms with E-state index in [0.29, 0.717) is 6.54 Å². The normalized spacial score (nSPS) is 11.9. The number of hydrogen-bond acceptors (Lipinski definition) is 4. The highest BCUT2D eigenvalue weighted by Crippen LogP contribution is 2.22. The van der Waals surface area contributed by atoms with Gasteiger partial charge in [-0.25, -0.2) is 4.98 Å². The maximum Gasteiger partial charge on any atom is 0.282 e. The van der Waals surface area contributed by atoms with E-state index in [9.17, 15) is 14.9 Å². The second-order valence-corrected chi connectivity index (χ2v) is 4.99. The smallest absolute Gasteiger partial charge is 0.282 e. The second kappa shape index (κ2) is 6.36. The molecule has 0 aliphatic carbocycles. The zero-order valence-corrected chi connectivity index (χ0v) is 11.9. The van der Waals surface area contributed by atoms with Gasteiger partial charge in [0, 0.05) is 36.1 Å². The predicted molar refractivity (Wildman–Crippen MR) is 77.3 cm³/mol. The van der Waals surface area contributed by atoms with E-state index in [0.717, 1.165) is 0 Å². The van der Waals surface area contributed by atoms with E-state index in [1.165, 1.54) is 18.2 Å². The van der Waals surface area contributed by atoms with Crippen molar-refractivity contribution in [2.45, 2.75) is 19.5 Å². The average Bonchev–Trinajstić information content (AvgIpc) is 2.90. The van der Waals surface area contributed by atoms with Crippen LogP contribution in [0.25, 0.3) is 0 Å². The number of nitrogens with zero attached hydrogens (tertiary/aromatic N) is 3. The number of hydrogen-bond donors (Lipinski definition) is 1. The Bertz CT molecular complexity index is 657. The maximum atomic E-state index is 12.2. The van der Waals surface area contributed by atoms with Gasteiger partial charge in [-0.05, 0) is 19.1 Å². The number of carbonyl (C=O) groups excluding carboxylic acids is 1. The molecule has 0 aliphatic heterocycles. The summed E-state index contributed by atoms with van der Waals surface area (Å²) in [7, 11) is 0. The molecule has 0 radical (unpaired) electrons. The van der Waals surface area contributed by atoms with Crippen molar-refractivity contribution >= 4 is 23.2 Å². The van der Waals surface area contributed by atoms with Crippen LogP contribution in [0.2, 0.25) is 5.02 Å².